The number of rotatable bonds is 6. The molecule has 4 N–H and O–H groups in total. The van der Waals surface area contributed by atoms with E-state index in [0.717, 1.165) is 30.6 Å². The Bertz CT molecular complexity index is 369. The van der Waals surface area contributed by atoms with E-state index in [4.69, 9.17) is 22.4 Å². The number of halogens is 1. The number of nitrogens with one attached hydrogen (secondary N) is 1. The summed E-state index contributed by atoms with van der Waals surface area (Å²) in [6, 6.07) is 3.74. The number of nitrogen functional groups attached to an aromatic ring is 1. The molecule has 0 radical (unpaired) electrons. The molecule has 0 aliphatic heterocycles. The van der Waals surface area contributed by atoms with E-state index in [1.165, 1.54) is 0 Å². The zero-order valence-electron chi connectivity index (χ0n) is 10.5. The van der Waals surface area contributed by atoms with Gasteiger partial charge in [0.2, 0.25) is 0 Å². The summed E-state index contributed by atoms with van der Waals surface area (Å²) in [6.07, 6.45) is 2.05. The third-order valence-electron chi connectivity index (χ3n) is 2.84. The topological polar surface area (TPSA) is 58.3 Å². The van der Waals surface area contributed by atoms with Gasteiger partial charge in [0.25, 0.3) is 0 Å². The van der Waals surface area contributed by atoms with Crippen LogP contribution in [0.15, 0.2) is 12.1 Å². The van der Waals surface area contributed by atoms with E-state index in [-0.39, 0.29) is 6.61 Å². The molecular weight excluding hydrogens is 236 g/mol. The van der Waals surface area contributed by atoms with E-state index >= 15 is 0 Å². The largest absolute Gasteiger partial charge is 0.398 e. The molecule has 0 aliphatic carbocycles. The number of nitrogens with two attached hydrogens (primary N) is 1. The normalized spacial score (nSPS) is 12.5. The Morgan fingerprint density at radius 2 is 2.18 bits per heavy atom. The number of aliphatic hydroxyl groups excluding tert-OH is 1. The highest BCUT2D eigenvalue weighted by Gasteiger charge is 2.04. The second kappa shape index (κ2) is 6.72. The van der Waals surface area contributed by atoms with Gasteiger partial charge in [-0.15, -0.1) is 0 Å². The molecule has 1 rings (SSSR count). The molecule has 0 aliphatic rings. The van der Waals surface area contributed by atoms with Crippen molar-refractivity contribution in [3.05, 3.63) is 22.7 Å². The second-order valence-electron chi connectivity index (χ2n) is 4.55. The maximum atomic E-state index is 8.91. The van der Waals surface area contributed by atoms with Crippen LogP contribution in [-0.2, 0) is 0 Å². The average molecular weight is 257 g/mol. The fourth-order valence-corrected chi connectivity index (χ4v) is 1.82. The summed E-state index contributed by atoms with van der Waals surface area (Å²) in [5.74, 6) is 0.368. The predicted molar refractivity (Wildman–Crippen MR) is 74.6 cm³/mol. The zero-order valence-corrected chi connectivity index (χ0v) is 11.2. The van der Waals surface area contributed by atoms with Crippen LogP contribution in [0.25, 0.3) is 0 Å². The first-order valence-electron chi connectivity index (χ1n) is 5.95. The minimum atomic E-state index is 0.257. The molecule has 0 spiro atoms. The van der Waals surface area contributed by atoms with Crippen molar-refractivity contribution < 1.29 is 5.11 Å². The molecule has 1 unspecified atom stereocenters. The summed E-state index contributed by atoms with van der Waals surface area (Å²) < 4.78 is 0. The summed E-state index contributed by atoms with van der Waals surface area (Å²) in [6.45, 7) is 5.19. The molecule has 4 heteroatoms. The summed E-state index contributed by atoms with van der Waals surface area (Å²) in [7, 11) is 0. The summed E-state index contributed by atoms with van der Waals surface area (Å²) >= 11 is 5.97. The van der Waals surface area contributed by atoms with Crippen molar-refractivity contribution >= 4 is 23.0 Å². The number of aryl methyl sites for hydroxylation is 1. The minimum absolute atomic E-state index is 0.257. The van der Waals surface area contributed by atoms with Crippen LogP contribution in [0.4, 0.5) is 11.4 Å². The highest BCUT2D eigenvalue weighted by molar-refractivity contribution is 6.33. The molecule has 0 fully saturated rings. The van der Waals surface area contributed by atoms with Gasteiger partial charge in [0.15, 0.2) is 0 Å². The van der Waals surface area contributed by atoms with Crippen molar-refractivity contribution in [2.24, 2.45) is 5.92 Å². The van der Waals surface area contributed by atoms with Gasteiger partial charge in [0.05, 0.1) is 10.7 Å². The van der Waals surface area contributed by atoms with Gasteiger partial charge in [-0.25, -0.2) is 0 Å². The SMILES string of the molecule is Cc1cc(N)c(Cl)cc1NCCCC(C)CO. The van der Waals surface area contributed by atoms with Gasteiger partial charge in [-0.2, -0.15) is 0 Å². The monoisotopic (exact) mass is 256 g/mol. The first-order valence-corrected chi connectivity index (χ1v) is 6.32. The summed E-state index contributed by atoms with van der Waals surface area (Å²) in [5, 5.41) is 12.8. The second-order valence-corrected chi connectivity index (χ2v) is 4.95. The van der Waals surface area contributed by atoms with Crippen molar-refractivity contribution in [3.8, 4) is 0 Å². The zero-order chi connectivity index (χ0) is 12.8. The Labute approximate surface area is 108 Å². The Morgan fingerprint density at radius 3 is 2.82 bits per heavy atom. The highest BCUT2D eigenvalue weighted by atomic mass is 35.5. The lowest BCUT2D eigenvalue weighted by Gasteiger charge is -2.12. The number of benzene rings is 1. The maximum absolute atomic E-state index is 8.91. The molecule has 1 atom stereocenters. The predicted octanol–water partition coefficient (Wildman–Crippen LogP) is 3.05. The molecule has 96 valence electrons. The molecule has 17 heavy (non-hydrogen) atoms. The van der Waals surface area contributed by atoms with Gasteiger partial charge in [-0.05, 0) is 43.4 Å². The lowest BCUT2D eigenvalue weighted by molar-refractivity contribution is 0.229. The lowest BCUT2D eigenvalue weighted by Crippen LogP contribution is -2.07. The van der Waals surface area contributed by atoms with E-state index in [1.807, 2.05) is 26.0 Å². The smallest absolute Gasteiger partial charge is 0.0656 e. The maximum Gasteiger partial charge on any atom is 0.0656 e. The van der Waals surface area contributed by atoms with E-state index < -0.39 is 0 Å². The van der Waals surface area contributed by atoms with Crippen LogP contribution in [0.5, 0.6) is 0 Å². The van der Waals surface area contributed by atoms with Gasteiger partial charge in [0, 0.05) is 18.8 Å². The lowest BCUT2D eigenvalue weighted by atomic mass is 10.1. The fraction of sp³-hybridized carbons (Fsp3) is 0.538. The van der Waals surface area contributed by atoms with Crippen LogP contribution in [-0.4, -0.2) is 18.3 Å². The fourth-order valence-electron chi connectivity index (χ4n) is 1.66. The number of aliphatic hydroxyl groups is 1. The summed E-state index contributed by atoms with van der Waals surface area (Å²) in [5.41, 5.74) is 8.46. The van der Waals surface area contributed by atoms with E-state index in [9.17, 15) is 0 Å². The molecule has 1 aromatic rings. The van der Waals surface area contributed by atoms with Crippen LogP contribution in [0.1, 0.15) is 25.3 Å². The van der Waals surface area contributed by atoms with Gasteiger partial charge in [0.1, 0.15) is 0 Å². The number of hydrogen-bond acceptors (Lipinski definition) is 3. The Hall–Kier alpha value is -0.930. The number of anilines is 2. The van der Waals surface area contributed by atoms with Crippen LogP contribution in [0.2, 0.25) is 5.02 Å². The molecule has 3 nitrogen and oxygen atoms in total. The molecule has 0 amide bonds. The van der Waals surface area contributed by atoms with Gasteiger partial charge in [-0.1, -0.05) is 18.5 Å². The standard InChI is InChI=1S/C13H21ClN2O/c1-9(8-17)4-3-5-16-13-7-11(14)12(15)6-10(13)2/h6-7,9,16-17H,3-5,8,15H2,1-2H3. The first kappa shape index (κ1) is 14.1. The molecule has 0 saturated carbocycles. The van der Waals surface area contributed by atoms with Gasteiger partial charge >= 0.3 is 0 Å². The quantitative estimate of drug-likeness (QED) is 0.542. The Morgan fingerprint density at radius 1 is 1.47 bits per heavy atom. The van der Waals surface area contributed by atoms with Crippen molar-refractivity contribution in [2.75, 3.05) is 24.2 Å². The summed E-state index contributed by atoms with van der Waals surface area (Å²) in [4.78, 5) is 0. The van der Waals surface area contributed by atoms with Crippen molar-refractivity contribution in [1.29, 1.82) is 0 Å². The molecule has 1 aromatic carbocycles. The highest BCUT2D eigenvalue weighted by Crippen LogP contribution is 2.26. The molecule has 0 bridgehead atoms. The van der Waals surface area contributed by atoms with Crippen LogP contribution in [0.3, 0.4) is 0 Å². The molecule has 0 aromatic heterocycles. The third kappa shape index (κ3) is 4.44. The van der Waals surface area contributed by atoms with Crippen molar-refractivity contribution in [1.82, 2.24) is 0 Å². The molecule has 0 saturated heterocycles. The first-order chi connectivity index (χ1) is 8.04. The van der Waals surface area contributed by atoms with Crippen LogP contribution in [0, 0.1) is 12.8 Å². The van der Waals surface area contributed by atoms with E-state index in [0.29, 0.717) is 16.6 Å². The van der Waals surface area contributed by atoms with Gasteiger partial charge in [-0.3, -0.25) is 0 Å². The Balaban J connectivity index is 2.44. The third-order valence-corrected chi connectivity index (χ3v) is 3.17. The average Bonchev–Trinajstić information content (AvgIpc) is 2.30. The van der Waals surface area contributed by atoms with Crippen LogP contribution >= 0.6 is 11.6 Å². The molecular formula is C13H21ClN2O. The van der Waals surface area contributed by atoms with Crippen LogP contribution < -0.4 is 11.1 Å². The Kier molecular flexibility index (Phi) is 5.59. The van der Waals surface area contributed by atoms with E-state index in [1.54, 1.807) is 0 Å². The number of hydrogen-bond donors (Lipinski definition) is 3. The molecule has 0 heterocycles. The van der Waals surface area contributed by atoms with Crippen molar-refractivity contribution in [3.63, 3.8) is 0 Å². The van der Waals surface area contributed by atoms with Gasteiger partial charge < -0.3 is 16.2 Å². The van der Waals surface area contributed by atoms with E-state index in [2.05, 4.69) is 5.32 Å². The van der Waals surface area contributed by atoms with Crippen molar-refractivity contribution in [2.45, 2.75) is 26.7 Å². The minimum Gasteiger partial charge on any atom is -0.398 e.